The third kappa shape index (κ3) is 10.5. The number of nitrogens with one attached hydrogen (secondary N) is 3. The lowest BCUT2D eigenvalue weighted by atomic mass is 9.59. The molecular weight excluding hydrogens is 977 g/mol. The summed E-state index contributed by atoms with van der Waals surface area (Å²) in [5.41, 5.74) is 3.30. The standard InChI is InChI=1S/C56H70N8O10S/c1-35(2)42-8-5-6-9-43(42)46-10-7-21-63(46)39-30-56(31-39)18-22-62(23-19-56)38-11-12-44(48(27-38)74-50-26-37-15-20-57-52(37)59-54(50)73-33-40-32-71-25-24-61(40)4)53(65)60-75(69,70)41-28-47(64(67)68)51-49(29-41)72-34-45(58-51)36-13-16-55(3,66)17-14-36/h5-6,8-9,11-12,15,20,26-29,35-36,39-40,45-46,58,66H,7,10,13-14,16-19,21-25,30-34H2,1-4H3,(H,57,59)(H,60,65)/t36-,40-,45-,46-,55-/m1/s1. The van der Waals surface area contributed by atoms with Gasteiger partial charge in [0.05, 0.1) is 46.3 Å². The molecule has 400 valence electrons. The Labute approximate surface area is 438 Å². The molecule has 5 fully saturated rings. The Bertz CT molecular complexity index is 3050. The Hall–Kier alpha value is -5.99. The summed E-state index contributed by atoms with van der Waals surface area (Å²) in [4.78, 5) is 41.0. The molecular formula is C56H70N8O10S. The fourth-order valence-electron chi connectivity index (χ4n) is 12.7. The molecule has 18 nitrogen and oxygen atoms in total. The Morgan fingerprint density at radius 2 is 1.77 bits per heavy atom. The number of carbonyl (C=O) groups excluding carboxylic acids is 1. The monoisotopic (exact) mass is 1050 g/mol. The summed E-state index contributed by atoms with van der Waals surface area (Å²) in [6.45, 7) is 11.3. The Balaban J connectivity index is 0.847. The first-order valence-electron chi connectivity index (χ1n) is 26.8. The molecule has 4 aliphatic heterocycles. The molecule has 0 radical (unpaired) electrons. The van der Waals surface area contributed by atoms with Gasteiger partial charge in [0.25, 0.3) is 27.5 Å². The number of pyridine rings is 1. The van der Waals surface area contributed by atoms with Crippen LogP contribution < -0.4 is 29.1 Å². The number of morpholine rings is 1. The highest BCUT2D eigenvalue weighted by Gasteiger charge is 2.50. The van der Waals surface area contributed by atoms with E-state index >= 15 is 0 Å². The number of anilines is 2. The number of ether oxygens (including phenoxy) is 4. The molecule has 3 aromatic carbocycles. The molecule has 3 atom stereocenters. The number of rotatable bonds is 14. The number of sulfonamides is 1. The van der Waals surface area contributed by atoms with E-state index in [4.69, 9.17) is 23.9 Å². The van der Waals surface area contributed by atoms with Gasteiger partial charge in [-0.3, -0.25) is 24.7 Å². The number of piperidine rings is 1. The number of likely N-dealkylation sites (N-methyl/N-ethyl adjacent to an activating group) is 1. The van der Waals surface area contributed by atoms with E-state index in [-0.39, 0.29) is 71.0 Å². The predicted molar refractivity (Wildman–Crippen MR) is 285 cm³/mol. The number of H-pyrrole nitrogens is 1. The lowest BCUT2D eigenvalue weighted by molar-refractivity contribution is -0.384. The van der Waals surface area contributed by atoms with Crippen LogP contribution in [0.1, 0.15) is 118 Å². The number of aromatic nitrogens is 2. The van der Waals surface area contributed by atoms with Gasteiger partial charge in [-0.05, 0) is 137 Å². The van der Waals surface area contributed by atoms with Crippen LogP contribution in [-0.4, -0.2) is 128 Å². The van der Waals surface area contributed by atoms with E-state index in [2.05, 4.69) is 67.8 Å². The third-order valence-corrected chi connectivity index (χ3v) is 18.6. The van der Waals surface area contributed by atoms with E-state index in [1.807, 2.05) is 26.1 Å². The molecule has 0 bridgehead atoms. The van der Waals surface area contributed by atoms with Gasteiger partial charge in [-0.15, -0.1) is 0 Å². The van der Waals surface area contributed by atoms with Gasteiger partial charge in [-0.25, -0.2) is 13.1 Å². The lowest BCUT2D eigenvalue weighted by Crippen LogP contribution is -2.54. The van der Waals surface area contributed by atoms with Crippen LogP contribution in [0.4, 0.5) is 17.1 Å². The maximum absolute atomic E-state index is 14.5. The normalized spacial score (nSPS) is 25.3. The number of benzene rings is 3. The quantitative estimate of drug-likeness (QED) is 0.0604. The summed E-state index contributed by atoms with van der Waals surface area (Å²) in [6, 6.07) is 20.6. The summed E-state index contributed by atoms with van der Waals surface area (Å²) in [7, 11) is -2.72. The number of amides is 1. The van der Waals surface area contributed by atoms with Crippen LogP contribution >= 0.6 is 0 Å². The van der Waals surface area contributed by atoms with Crippen molar-refractivity contribution in [1.82, 2.24) is 24.5 Å². The van der Waals surface area contributed by atoms with Crippen molar-refractivity contribution in [3.63, 3.8) is 0 Å². The molecule has 4 N–H and O–H groups in total. The number of hydrogen-bond acceptors (Lipinski definition) is 15. The van der Waals surface area contributed by atoms with E-state index in [9.17, 15) is 28.4 Å². The number of nitro benzene ring substituents is 1. The fourth-order valence-corrected chi connectivity index (χ4v) is 13.7. The van der Waals surface area contributed by atoms with Crippen LogP contribution in [-0.2, 0) is 14.8 Å². The summed E-state index contributed by atoms with van der Waals surface area (Å²) >= 11 is 0. The van der Waals surface area contributed by atoms with Crippen LogP contribution in [0.5, 0.6) is 23.1 Å². The predicted octanol–water partition coefficient (Wildman–Crippen LogP) is 8.92. The molecule has 6 heterocycles. The zero-order valence-electron chi connectivity index (χ0n) is 43.4. The summed E-state index contributed by atoms with van der Waals surface area (Å²) in [5, 5.41) is 27.0. The average molecular weight is 1050 g/mol. The molecule has 75 heavy (non-hydrogen) atoms. The van der Waals surface area contributed by atoms with Gasteiger partial charge in [0, 0.05) is 67.2 Å². The highest BCUT2D eigenvalue weighted by atomic mass is 32.2. The van der Waals surface area contributed by atoms with Crippen molar-refractivity contribution < 1.29 is 42.2 Å². The Morgan fingerprint density at radius 1 is 0.987 bits per heavy atom. The molecule has 2 aromatic heterocycles. The number of nitrogens with zero attached hydrogens (tertiary/aromatic N) is 5. The number of nitro groups is 1. The van der Waals surface area contributed by atoms with E-state index in [0.717, 1.165) is 56.2 Å². The van der Waals surface area contributed by atoms with Crippen LogP contribution in [0.25, 0.3) is 11.0 Å². The van der Waals surface area contributed by atoms with Gasteiger partial charge in [0.2, 0.25) is 0 Å². The van der Waals surface area contributed by atoms with Crippen LogP contribution in [0.2, 0.25) is 0 Å². The zero-order chi connectivity index (χ0) is 52.2. The molecule has 19 heteroatoms. The third-order valence-electron chi connectivity index (χ3n) is 17.3. The first-order valence-corrected chi connectivity index (χ1v) is 28.3. The first kappa shape index (κ1) is 51.1. The van der Waals surface area contributed by atoms with Crippen molar-refractivity contribution in [2.24, 2.45) is 11.3 Å². The minimum absolute atomic E-state index is 0.0102. The van der Waals surface area contributed by atoms with Gasteiger partial charge in [0.1, 0.15) is 24.6 Å². The van der Waals surface area contributed by atoms with Crippen molar-refractivity contribution in [2.45, 2.75) is 126 Å². The second-order valence-electron chi connectivity index (χ2n) is 22.6. The van der Waals surface area contributed by atoms with Crippen LogP contribution in [0.3, 0.4) is 0 Å². The van der Waals surface area contributed by atoms with Crippen molar-refractivity contribution >= 4 is 44.0 Å². The van der Waals surface area contributed by atoms with Crippen LogP contribution in [0.15, 0.2) is 77.8 Å². The molecule has 5 aromatic rings. The summed E-state index contributed by atoms with van der Waals surface area (Å²) in [6.07, 6.45) is 11.1. The van der Waals surface area contributed by atoms with E-state index < -0.39 is 37.0 Å². The fraction of sp³-hybridized carbons (Fsp3) is 0.536. The van der Waals surface area contributed by atoms with Crippen molar-refractivity contribution in [2.75, 3.05) is 69.9 Å². The Kier molecular flexibility index (Phi) is 14.0. The summed E-state index contributed by atoms with van der Waals surface area (Å²) < 4.78 is 55.5. The largest absolute Gasteiger partial charge is 0.489 e. The van der Waals surface area contributed by atoms with Crippen molar-refractivity contribution in [3.05, 3.63) is 99.7 Å². The van der Waals surface area contributed by atoms with Crippen LogP contribution in [0, 0.1) is 21.4 Å². The van der Waals surface area contributed by atoms with E-state index in [1.165, 1.54) is 42.9 Å². The second-order valence-corrected chi connectivity index (χ2v) is 24.3. The molecule has 0 unspecified atom stereocenters. The number of hydrogen-bond donors (Lipinski definition) is 4. The molecule has 2 saturated carbocycles. The van der Waals surface area contributed by atoms with Gasteiger partial charge in [-0.1, -0.05) is 38.1 Å². The van der Waals surface area contributed by atoms with Gasteiger partial charge in [0.15, 0.2) is 17.2 Å². The molecule has 1 amide bonds. The van der Waals surface area contributed by atoms with Gasteiger partial charge >= 0.3 is 0 Å². The smallest absolute Gasteiger partial charge is 0.297 e. The Morgan fingerprint density at radius 3 is 2.53 bits per heavy atom. The van der Waals surface area contributed by atoms with Gasteiger partial charge < -0.3 is 39.3 Å². The minimum atomic E-state index is -4.73. The van der Waals surface area contributed by atoms with Crippen molar-refractivity contribution in [1.29, 1.82) is 0 Å². The lowest BCUT2D eigenvalue weighted by Gasteiger charge is -2.56. The van der Waals surface area contributed by atoms with Gasteiger partial charge in [-0.2, -0.15) is 4.98 Å². The number of aromatic amines is 1. The molecule has 11 rings (SSSR count). The number of fused-ring (bicyclic) bond motifs is 2. The average Bonchev–Trinajstić information content (AvgIpc) is 4.07. The van der Waals surface area contributed by atoms with Crippen molar-refractivity contribution in [3.8, 4) is 23.1 Å². The number of carbonyl (C=O) groups is 1. The number of aliphatic hydroxyl groups is 1. The SMILES string of the molecule is CC(C)c1ccccc1[C@H]1CCCN1C1CC2(CCN(c3ccc(C(=O)NS(=O)(=O)c4cc5c(c([N+](=O)[O-])c4)N[C@@H]([C@H]4CC[C@](C)(O)CC4)CO5)c(Oc4cc5cc[nH]c5nc4OC[C@H]4COCCN4C)c3)CC2)C1. The first-order chi connectivity index (χ1) is 36.0. The highest BCUT2D eigenvalue weighted by molar-refractivity contribution is 7.90. The second kappa shape index (κ2) is 20.5. The molecule has 1 spiro atoms. The molecule has 3 saturated heterocycles. The highest BCUT2D eigenvalue weighted by Crippen LogP contribution is 2.55. The summed E-state index contributed by atoms with van der Waals surface area (Å²) in [5.74, 6) is 0.0226. The minimum Gasteiger partial charge on any atom is -0.489 e. The topological polar surface area (TPSA) is 214 Å². The molecule has 6 aliphatic rings. The zero-order valence-corrected chi connectivity index (χ0v) is 44.2. The maximum atomic E-state index is 14.5. The maximum Gasteiger partial charge on any atom is 0.297 e. The van der Waals surface area contributed by atoms with E-state index in [0.29, 0.717) is 62.5 Å². The molecule has 2 aliphatic carbocycles. The number of likely N-dealkylation sites (tertiary alicyclic amines) is 1. The van der Waals surface area contributed by atoms with E-state index in [1.54, 1.807) is 24.4 Å².